The fraction of sp³-hybridized carbons (Fsp3) is 0.500. The minimum atomic E-state index is 0.671. The summed E-state index contributed by atoms with van der Waals surface area (Å²) in [6.45, 7) is 4.11. The summed E-state index contributed by atoms with van der Waals surface area (Å²) in [6, 6.07) is 6.31. The highest BCUT2D eigenvalue weighted by Gasteiger charge is 2.22. The molecule has 2 aromatic rings. The second-order valence-corrected chi connectivity index (χ2v) is 5.77. The van der Waals surface area contributed by atoms with Gasteiger partial charge in [0.15, 0.2) is 0 Å². The SMILES string of the molecule is COc1ccc2c(CN3CCC(CN)C3)cn(C)c2c1. The Labute approximate surface area is 120 Å². The summed E-state index contributed by atoms with van der Waals surface area (Å²) in [5.74, 6) is 1.58. The predicted molar refractivity (Wildman–Crippen MR) is 81.9 cm³/mol. The van der Waals surface area contributed by atoms with Crippen LogP contribution < -0.4 is 10.5 Å². The molecule has 3 rings (SSSR count). The molecule has 2 heterocycles. The van der Waals surface area contributed by atoms with Crippen LogP contribution in [-0.4, -0.2) is 36.2 Å². The first-order valence-electron chi connectivity index (χ1n) is 7.25. The first kappa shape index (κ1) is 13.5. The Kier molecular flexibility index (Phi) is 3.68. The molecule has 1 aromatic heterocycles. The van der Waals surface area contributed by atoms with E-state index in [9.17, 15) is 0 Å². The van der Waals surface area contributed by atoms with Gasteiger partial charge in [-0.2, -0.15) is 0 Å². The van der Waals surface area contributed by atoms with Crippen molar-refractivity contribution >= 4 is 10.9 Å². The van der Waals surface area contributed by atoms with E-state index >= 15 is 0 Å². The van der Waals surface area contributed by atoms with E-state index in [1.165, 1.54) is 22.9 Å². The van der Waals surface area contributed by atoms with E-state index in [4.69, 9.17) is 10.5 Å². The Morgan fingerprint density at radius 3 is 2.95 bits per heavy atom. The van der Waals surface area contributed by atoms with Crippen LogP contribution in [0.25, 0.3) is 10.9 Å². The van der Waals surface area contributed by atoms with Crippen molar-refractivity contribution in [1.29, 1.82) is 0 Å². The smallest absolute Gasteiger partial charge is 0.120 e. The number of methoxy groups -OCH3 is 1. The van der Waals surface area contributed by atoms with Crippen molar-refractivity contribution in [1.82, 2.24) is 9.47 Å². The highest BCUT2D eigenvalue weighted by atomic mass is 16.5. The van der Waals surface area contributed by atoms with E-state index in [0.29, 0.717) is 5.92 Å². The third-order valence-corrected chi connectivity index (χ3v) is 4.38. The maximum atomic E-state index is 5.77. The molecule has 0 spiro atoms. The number of nitrogens with two attached hydrogens (primary N) is 1. The summed E-state index contributed by atoms with van der Waals surface area (Å²) in [6.07, 6.45) is 3.47. The minimum absolute atomic E-state index is 0.671. The lowest BCUT2D eigenvalue weighted by molar-refractivity contribution is 0.319. The van der Waals surface area contributed by atoms with Crippen LogP contribution in [0.1, 0.15) is 12.0 Å². The Morgan fingerprint density at radius 2 is 2.25 bits per heavy atom. The lowest BCUT2D eigenvalue weighted by Gasteiger charge is -2.15. The van der Waals surface area contributed by atoms with Crippen molar-refractivity contribution in [2.24, 2.45) is 18.7 Å². The number of nitrogens with zero attached hydrogens (tertiary/aromatic N) is 2. The number of hydrogen-bond acceptors (Lipinski definition) is 3. The normalized spacial score (nSPS) is 19.9. The molecule has 4 heteroatoms. The zero-order valence-electron chi connectivity index (χ0n) is 12.3. The summed E-state index contributed by atoms with van der Waals surface area (Å²) >= 11 is 0. The average Bonchev–Trinajstić information content (AvgIpc) is 3.04. The number of ether oxygens (including phenoxy) is 1. The molecule has 20 heavy (non-hydrogen) atoms. The average molecular weight is 273 g/mol. The Morgan fingerprint density at radius 1 is 1.40 bits per heavy atom. The molecule has 2 N–H and O–H groups in total. The van der Waals surface area contributed by atoms with Crippen LogP contribution in [0.2, 0.25) is 0 Å². The van der Waals surface area contributed by atoms with Crippen molar-refractivity contribution in [3.05, 3.63) is 30.0 Å². The highest BCUT2D eigenvalue weighted by Crippen LogP contribution is 2.27. The molecule has 108 valence electrons. The van der Waals surface area contributed by atoms with Gasteiger partial charge >= 0.3 is 0 Å². The van der Waals surface area contributed by atoms with Crippen molar-refractivity contribution < 1.29 is 4.74 Å². The van der Waals surface area contributed by atoms with Crippen molar-refractivity contribution in [3.63, 3.8) is 0 Å². The molecule has 0 amide bonds. The number of fused-ring (bicyclic) bond motifs is 1. The molecule has 1 saturated heterocycles. The number of aryl methyl sites for hydroxylation is 1. The van der Waals surface area contributed by atoms with E-state index in [-0.39, 0.29) is 0 Å². The largest absolute Gasteiger partial charge is 0.497 e. The van der Waals surface area contributed by atoms with E-state index in [0.717, 1.165) is 31.9 Å². The lowest BCUT2D eigenvalue weighted by atomic mass is 10.1. The van der Waals surface area contributed by atoms with E-state index in [1.807, 2.05) is 6.07 Å². The van der Waals surface area contributed by atoms with Gasteiger partial charge in [-0.25, -0.2) is 0 Å². The highest BCUT2D eigenvalue weighted by molar-refractivity contribution is 5.85. The fourth-order valence-electron chi connectivity index (χ4n) is 3.19. The summed E-state index contributed by atoms with van der Waals surface area (Å²) < 4.78 is 7.50. The molecule has 0 bridgehead atoms. The second kappa shape index (κ2) is 5.46. The first-order valence-corrected chi connectivity index (χ1v) is 7.25. The third kappa shape index (κ3) is 2.41. The molecule has 1 aliphatic rings. The van der Waals surface area contributed by atoms with E-state index in [2.05, 4.69) is 34.8 Å². The number of hydrogen-bond donors (Lipinski definition) is 1. The maximum Gasteiger partial charge on any atom is 0.120 e. The first-order chi connectivity index (χ1) is 9.71. The van der Waals surface area contributed by atoms with E-state index in [1.54, 1.807) is 7.11 Å². The van der Waals surface area contributed by atoms with Crippen LogP contribution >= 0.6 is 0 Å². The predicted octanol–water partition coefficient (Wildman–Crippen LogP) is 1.97. The molecule has 1 unspecified atom stereocenters. The van der Waals surface area contributed by atoms with Crippen molar-refractivity contribution in [3.8, 4) is 5.75 Å². The summed E-state index contributed by atoms with van der Waals surface area (Å²) in [5.41, 5.74) is 8.39. The topological polar surface area (TPSA) is 43.4 Å². The van der Waals surface area contributed by atoms with Crippen molar-refractivity contribution in [2.75, 3.05) is 26.7 Å². The Bertz CT molecular complexity index is 605. The molecule has 0 saturated carbocycles. The molecule has 0 radical (unpaired) electrons. The van der Waals surface area contributed by atoms with Gasteiger partial charge in [-0.05, 0) is 43.1 Å². The standard InChI is InChI=1S/C16H23N3O/c1-18-10-13(11-19-6-5-12(8-17)9-19)15-4-3-14(20-2)7-16(15)18/h3-4,7,10,12H,5-6,8-9,11,17H2,1-2H3. The number of benzene rings is 1. The van der Waals surface area contributed by atoms with Gasteiger partial charge in [0.25, 0.3) is 0 Å². The number of likely N-dealkylation sites (tertiary alicyclic amines) is 1. The van der Waals surface area contributed by atoms with Crippen LogP contribution in [0, 0.1) is 5.92 Å². The molecule has 1 atom stereocenters. The maximum absolute atomic E-state index is 5.77. The molecule has 1 aromatic carbocycles. The molecule has 1 aliphatic heterocycles. The molecular weight excluding hydrogens is 250 g/mol. The molecular formula is C16H23N3O. The van der Waals surface area contributed by atoms with Crippen LogP contribution in [0.4, 0.5) is 0 Å². The van der Waals surface area contributed by atoms with Gasteiger partial charge in [0.2, 0.25) is 0 Å². The van der Waals surface area contributed by atoms with Crippen molar-refractivity contribution in [2.45, 2.75) is 13.0 Å². The van der Waals surface area contributed by atoms with Crippen LogP contribution in [0.15, 0.2) is 24.4 Å². The Hall–Kier alpha value is -1.52. The Balaban J connectivity index is 1.85. The monoisotopic (exact) mass is 273 g/mol. The van der Waals surface area contributed by atoms with Gasteiger partial charge in [-0.3, -0.25) is 4.90 Å². The summed E-state index contributed by atoms with van der Waals surface area (Å²) in [4.78, 5) is 2.51. The van der Waals surface area contributed by atoms with E-state index < -0.39 is 0 Å². The van der Waals surface area contributed by atoms with Crippen LogP contribution in [0.5, 0.6) is 5.75 Å². The fourth-order valence-corrected chi connectivity index (χ4v) is 3.19. The summed E-state index contributed by atoms with van der Waals surface area (Å²) in [5, 5.41) is 1.32. The van der Waals surface area contributed by atoms with Crippen LogP contribution in [-0.2, 0) is 13.6 Å². The quantitative estimate of drug-likeness (QED) is 0.926. The van der Waals surface area contributed by atoms with Gasteiger partial charge in [0, 0.05) is 37.8 Å². The zero-order valence-corrected chi connectivity index (χ0v) is 12.3. The molecule has 0 aliphatic carbocycles. The van der Waals surface area contributed by atoms with Gasteiger partial charge < -0.3 is 15.0 Å². The van der Waals surface area contributed by atoms with Gasteiger partial charge in [-0.1, -0.05) is 0 Å². The summed E-state index contributed by atoms with van der Waals surface area (Å²) in [7, 11) is 3.81. The van der Waals surface area contributed by atoms with Gasteiger partial charge in [-0.15, -0.1) is 0 Å². The zero-order chi connectivity index (χ0) is 14.1. The van der Waals surface area contributed by atoms with Gasteiger partial charge in [0.05, 0.1) is 12.6 Å². The second-order valence-electron chi connectivity index (χ2n) is 5.77. The molecule has 4 nitrogen and oxygen atoms in total. The lowest BCUT2D eigenvalue weighted by Crippen LogP contribution is -2.22. The van der Waals surface area contributed by atoms with Gasteiger partial charge in [0.1, 0.15) is 5.75 Å². The minimum Gasteiger partial charge on any atom is -0.497 e. The number of rotatable bonds is 4. The molecule has 1 fully saturated rings. The third-order valence-electron chi connectivity index (χ3n) is 4.38. The van der Waals surface area contributed by atoms with Crippen LogP contribution in [0.3, 0.4) is 0 Å². The number of aromatic nitrogens is 1.